The zero-order valence-corrected chi connectivity index (χ0v) is 10.4. The first-order valence-electron chi connectivity index (χ1n) is 5.13. The van der Waals surface area contributed by atoms with Crippen LogP contribution in [0.4, 0.5) is 0 Å². The van der Waals surface area contributed by atoms with Gasteiger partial charge in [-0.15, -0.1) is 0 Å². The molecule has 0 aliphatic heterocycles. The van der Waals surface area contributed by atoms with E-state index < -0.39 is 12.0 Å². The highest BCUT2D eigenvalue weighted by Crippen LogP contribution is 2.12. The zero-order chi connectivity index (χ0) is 13.0. The van der Waals surface area contributed by atoms with Crippen molar-refractivity contribution in [3.05, 3.63) is 34.9 Å². The van der Waals surface area contributed by atoms with E-state index in [2.05, 4.69) is 0 Å². The molecule has 1 aromatic rings. The van der Waals surface area contributed by atoms with Gasteiger partial charge in [0.2, 0.25) is 0 Å². The topological polar surface area (TPSA) is 57.6 Å². The molecule has 0 saturated carbocycles. The Hall–Kier alpha value is -1.39. The lowest BCUT2D eigenvalue weighted by Crippen LogP contribution is -2.39. The van der Waals surface area contributed by atoms with Gasteiger partial charge < -0.3 is 5.11 Å². The average Bonchev–Trinajstić information content (AvgIpc) is 2.27. The Morgan fingerprint density at radius 2 is 1.88 bits per heavy atom. The van der Waals surface area contributed by atoms with E-state index in [9.17, 15) is 9.59 Å². The predicted molar refractivity (Wildman–Crippen MR) is 65.5 cm³/mol. The number of hydrogen-bond donors (Lipinski definition) is 1. The minimum Gasteiger partial charge on any atom is -0.480 e. The number of carbonyl (C=O) groups is 2. The second-order valence-electron chi connectivity index (χ2n) is 3.86. The standard InChI is InChI=1S/C12H14ClNO3/c1-8(14(2)7-11(15)16)12(17)9-3-5-10(13)6-4-9/h3-6,8H,7H2,1-2H3,(H,15,16). The van der Waals surface area contributed by atoms with Crippen molar-refractivity contribution in [3.63, 3.8) is 0 Å². The lowest BCUT2D eigenvalue weighted by molar-refractivity contribution is -0.138. The van der Waals surface area contributed by atoms with Crippen LogP contribution in [0.1, 0.15) is 17.3 Å². The third-order valence-corrected chi connectivity index (χ3v) is 2.81. The van der Waals surface area contributed by atoms with Crippen LogP contribution in [0.3, 0.4) is 0 Å². The fraction of sp³-hybridized carbons (Fsp3) is 0.333. The summed E-state index contributed by atoms with van der Waals surface area (Å²) in [6.07, 6.45) is 0. The number of carboxylic acids is 1. The largest absolute Gasteiger partial charge is 0.480 e. The van der Waals surface area contributed by atoms with Crippen LogP contribution in [0, 0.1) is 0 Å². The highest BCUT2D eigenvalue weighted by atomic mass is 35.5. The first-order chi connectivity index (χ1) is 7.91. The number of ketones is 1. The summed E-state index contributed by atoms with van der Waals surface area (Å²) in [6.45, 7) is 1.51. The van der Waals surface area contributed by atoms with E-state index in [4.69, 9.17) is 16.7 Å². The number of halogens is 1. The monoisotopic (exact) mass is 255 g/mol. The number of hydrogen-bond acceptors (Lipinski definition) is 3. The molecule has 1 rings (SSSR count). The molecular formula is C12H14ClNO3. The second-order valence-corrected chi connectivity index (χ2v) is 4.29. The van der Waals surface area contributed by atoms with Crippen LogP contribution in [0.15, 0.2) is 24.3 Å². The molecule has 1 aromatic carbocycles. The van der Waals surface area contributed by atoms with Gasteiger partial charge in [-0.1, -0.05) is 11.6 Å². The molecule has 0 aliphatic rings. The second kappa shape index (κ2) is 5.80. The lowest BCUT2D eigenvalue weighted by atomic mass is 10.0. The SMILES string of the molecule is CC(C(=O)c1ccc(Cl)cc1)N(C)CC(=O)O. The van der Waals surface area contributed by atoms with Crippen LogP contribution < -0.4 is 0 Å². The van der Waals surface area contributed by atoms with E-state index in [0.29, 0.717) is 10.6 Å². The van der Waals surface area contributed by atoms with Crippen molar-refractivity contribution < 1.29 is 14.7 Å². The van der Waals surface area contributed by atoms with Gasteiger partial charge in [0.1, 0.15) is 0 Å². The maximum absolute atomic E-state index is 12.0. The Balaban J connectivity index is 2.75. The molecule has 17 heavy (non-hydrogen) atoms. The fourth-order valence-corrected chi connectivity index (χ4v) is 1.53. The summed E-state index contributed by atoms with van der Waals surface area (Å²) < 4.78 is 0. The van der Waals surface area contributed by atoms with Crippen LogP contribution in [0.2, 0.25) is 5.02 Å². The summed E-state index contributed by atoms with van der Waals surface area (Å²) in [6, 6.07) is 6.07. The van der Waals surface area contributed by atoms with Gasteiger partial charge in [-0.3, -0.25) is 14.5 Å². The van der Waals surface area contributed by atoms with E-state index in [1.165, 1.54) is 4.90 Å². The van der Waals surface area contributed by atoms with Crippen LogP contribution >= 0.6 is 11.6 Å². The minimum absolute atomic E-state index is 0.120. The van der Waals surface area contributed by atoms with Crippen LogP contribution in [0.25, 0.3) is 0 Å². The number of Topliss-reactive ketones (excluding diaryl/α,β-unsaturated/α-hetero) is 1. The number of carboxylic acid groups (broad SMARTS) is 1. The Kier molecular flexibility index (Phi) is 4.66. The van der Waals surface area contributed by atoms with Crippen molar-refractivity contribution in [2.45, 2.75) is 13.0 Å². The highest BCUT2D eigenvalue weighted by Gasteiger charge is 2.20. The first kappa shape index (κ1) is 13.7. The van der Waals surface area contributed by atoms with Crippen molar-refractivity contribution in [3.8, 4) is 0 Å². The third-order valence-electron chi connectivity index (χ3n) is 2.55. The van der Waals surface area contributed by atoms with Gasteiger partial charge in [0.05, 0.1) is 12.6 Å². The van der Waals surface area contributed by atoms with Gasteiger partial charge in [-0.25, -0.2) is 0 Å². The Bertz CT molecular complexity index is 416. The summed E-state index contributed by atoms with van der Waals surface area (Å²) >= 11 is 5.73. The fourth-order valence-electron chi connectivity index (χ4n) is 1.41. The molecule has 0 bridgehead atoms. The van der Waals surface area contributed by atoms with Crippen molar-refractivity contribution in [1.82, 2.24) is 4.90 Å². The predicted octanol–water partition coefficient (Wildman–Crippen LogP) is 1.93. The molecule has 5 heteroatoms. The Morgan fingerprint density at radius 3 is 2.35 bits per heavy atom. The molecule has 1 N–H and O–H groups in total. The summed E-state index contributed by atoms with van der Waals surface area (Å²) in [5.74, 6) is -1.08. The van der Waals surface area contributed by atoms with E-state index in [0.717, 1.165) is 0 Å². The minimum atomic E-state index is -0.955. The maximum Gasteiger partial charge on any atom is 0.317 e. The number of carbonyl (C=O) groups excluding carboxylic acids is 1. The molecule has 0 radical (unpaired) electrons. The van der Waals surface area contributed by atoms with E-state index in [1.54, 1.807) is 38.2 Å². The molecule has 0 spiro atoms. The van der Waals surface area contributed by atoms with Crippen molar-refractivity contribution in [1.29, 1.82) is 0 Å². The summed E-state index contributed by atoms with van der Waals surface area (Å²) in [4.78, 5) is 24.0. The van der Waals surface area contributed by atoms with Crippen molar-refractivity contribution in [2.24, 2.45) is 0 Å². The molecule has 4 nitrogen and oxygen atoms in total. The summed E-state index contributed by atoms with van der Waals surface area (Å²) in [7, 11) is 1.60. The molecule has 0 amide bonds. The molecule has 0 heterocycles. The van der Waals surface area contributed by atoms with Crippen molar-refractivity contribution in [2.75, 3.05) is 13.6 Å². The van der Waals surface area contributed by atoms with Crippen molar-refractivity contribution >= 4 is 23.4 Å². The van der Waals surface area contributed by atoms with E-state index in [1.807, 2.05) is 0 Å². The Morgan fingerprint density at radius 1 is 1.35 bits per heavy atom. The smallest absolute Gasteiger partial charge is 0.317 e. The van der Waals surface area contributed by atoms with Gasteiger partial charge >= 0.3 is 5.97 Å². The van der Waals surface area contributed by atoms with E-state index in [-0.39, 0.29) is 12.3 Å². The normalized spacial score (nSPS) is 12.5. The Labute approximate surface area is 105 Å². The zero-order valence-electron chi connectivity index (χ0n) is 9.68. The average molecular weight is 256 g/mol. The number of nitrogens with zero attached hydrogens (tertiary/aromatic N) is 1. The first-order valence-corrected chi connectivity index (χ1v) is 5.51. The summed E-state index contributed by atoms with van der Waals surface area (Å²) in [5.41, 5.74) is 0.527. The molecule has 1 unspecified atom stereocenters. The number of likely N-dealkylation sites (N-methyl/N-ethyl adjacent to an activating group) is 1. The quantitative estimate of drug-likeness (QED) is 0.817. The van der Waals surface area contributed by atoms with E-state index >= 15 is 0 Å². The van der Waals surface area contributed by atoms with Crippen LogP contribution in [-0.4, -0.2) is 41.4 Å². The molecule has 1 atom stereocenters. The molecule has 0 aromatic heterocycles. The third kappa shape index (κ3) is 3.84. The molecular weight excluding hydrogens is 242 g/mol. The number of aliphatic carboxylic acids is 1. The van der Waals surface area contributed by atoms with Crippen LogP contribution in [-0.2, 0) is 4.79 Å². The number of benzene rings is 1. The molecule has 92 valence electrons. The molecule has 0 saturated heterocycles. The van der Waals surface area contributed by atoms with Gasteiger partial charge in [0, 0.05) is 10.6 Å². The van der Waals surface area contributed by atoms with Gasteiger partial charge in [0.25, 0.3) is 0 Å². The van der Waals surface area contributed by atoms with Gasteiger partial charge in [0.15, 0.2) is 5.78 Å². The molecule has 0 fully saturated rings. The van der Waals surface area contributed by atoms with Crippen LogP contribution in [0.5, 0.6) is 0 Å². The number of rotatable bonds is 5. The van der Waals surface area contributed by atoms with Gasteiger partial charge in [-0.05, 0) is 38.2 Å². The lowest BCUT2D eigenvalue weighted by Gasteiger charge is -2.21. The maximum atomic E-state index is 12.0. The summed E-state index contributed by atoms with van der Waals surface area (Å²) in [5, 5.41) is 9.21. The molecule has 0 aliphatic carbocycles. The van der Waals surface area contributed by atoms with Gasteiger partial charge in [-0.2, -0.15) is 0 Å². The highest BCUT2D eigenvalue weighted by molar-refractivity contribution is 6.30.